The first kappa shape index (κ1) is 31.3. The van der Waals surface area contributed by atoms with Gasteiger partial charge in [0.25, 0.3) is 10.0 Å². The molecular formula is C29H33Cl2N3O5S. The summed E-state index contributed by atoms with van der Waals surface area (Å²) in [5.41, 5.74) is 2.28. The van der Waals surface area contributed by atoms with Gasteiger partial charge in [0.05, 0.1) is 17.7 Å². The molecule has 214 valence electrons. The van der Waals surface area contributed by atoms with Crippen LogP contribution in [0.4, 0.5) is 5.69 Å². The van der Waals surface area contributed by atoms with Crippen molar-refractivity contribution in [2.45, 2.75) is 45.2 Å². The largest absolute Gasteiger partial charge is 0.495 e. The van der Waals surface area contributed by atoms with Gasteiger partial charge in [0.1, 0.15) is 18.3 Å². The number of anilines is 1. The summed E-state index contributed by atoms with van der Waals surface area (Å²) in [6.45, 7) is 6.63. The Labute approximate surface area is 245 Å². The van der Waals surface area contributed by atoms with Crippen LogP contribution in [0.1, 0.15) is 30.5 Å². The second kappa shape index (κ2) is 13.4. The predicted molar refractivity (Wildman–Crippen MR) is 159 cm³/mol. The molecule has 0 unspecified atom stereocenters. The predicted octanol–water partition coefficient (Wildman–Crippen LogP) is 5.37. The van der Waals surface area contributed by atoms with Gasteiger partial charge >= 0.3 is 0 Å². The zero-order chi connectivity index (χ0) is 29.6. The molecule has 3 rings (SSSR count). The zero-order valence-electron chi connectivity index (χ0n) is 23.1. The summed E-state index contributed by atoms with van der Waals surface area (Å²) in [5, 5.41) is 3.35. The number of hydrogen-bond donors (Lipinski definition) is 1. The van der Waals surface area contributed by atoms with Crippen LogP contribution in [0.5, 0.6) is 5.75 Å². The third-order valence-corrected chi connectivity index (χ3v) is 8.88. The molecule has 0 aliphatic rings. The number of likely N-dealkylation sites (N-methyl/N-ethyl adjacent to an activating group) is 1. The topological polar surface area (TPSA) is 96.0 Å². The molecule has 1 N–H and O–H groups in total. The van der Waals surface area contributed by atoms with Gasteiger partial charge in [-0.05, 0) is 69.7 Å². The lowest BCUT2D eigenvalue weighted by Gasteiger charge is -2.32. The molecule has 2 amide bonds. The smallest absolute Gasteiger partial charge is 0.264 e. The van der Waals surface area contributed by atoms with Crippen LogP contribution in [0, 0.1) is 13.8 Å². The second-order valence-electron chi connectivity index (χ2n) is 9.29. The van der Waals surface area contributed by atoms with Crippen LogP contribution in [0.2, 0.25) is 10.0 Å². The molecule has 0 fully saturated rings. The van der Waals surface area contributed by atoms with Crippen molar-refractivity contribution in [2.75, 3.05) is 24.5 Å². The Bertz CT molecular complexity index is 1460. The first-order valence-electron chi connectivity index (χ1n) is 12.6. The minimum atomic E-state index is -4.24. The number of rotatable bonds is 11. The van der Waals surface area contributed by atoms with Gasteiger partial charge in [-0.25, -0.2) is 8.42 Å². The van der Waals surface area contributed by atoms with Gasteiger partial charge < -0.3 is 15.0 Å². The molecule has 0 radical (unpaired) electrons. The molecule has 0 aliphatic heterocycles. The summed E-state index contributed by atoms with van der Waals surface area (Å²) in [5.74, 6) is -0.763. The first-order valence-corrected chi connectivity index (χ1v) is 14.8. The van der Waals surface area contributed by atoms with Gasteiger partial charge in [-0.3, -0.25) is 13.9 Å². The summed E-state index contributed by atoms with van der Waals surface area (Å²) in [6, 6.07) is 15.4. The third-order valence-electron chi connectivity index (χ3n) is 6.40. The average molecular weight is 607 g/mol. The number of benzene rings is 3. The van der Waals surface area contributed by atoms with E-state index in [1.807, 2.05) is 13.8 Å². The lowest BCUT2D eigenvalue weighted by molar-refractivity contribution is -0.139. The van der Waals surface area contributed by atoms with Gasteiger partial charge in [-0.15, -0.1) is 0 Å². The minimum Gasteiger partial charge on any atom is -0.495 e. The number of nitrogens with one attached hydrogen (secondary N) is 1. The maximum Gasteiger partial charge on any atom is 0.264 e. The molecular weight excluding hydrogens is 573 g/mol. The van der Waals surface area contributed by atoms with Crippen LogP contribution < -0.4 is 14.4 Å². The van der Waals surface area contributed by atoms with Crippen LogP contribution in [-0.2, 0) is 26.2 Å². The maximum atomic E-state index is 14.0. The number of carbonyl (C=O) groups excluding carboxylic acids is 2. The number of aryl methyl sites for hydroxylation is 2. The van der Waals surface area contributed by atoms with Gasteiger partial charge in [-0.1, -0.05) is 53.0 Å². The zero-order valence-corrected chi connectivity index (χ0v) is 25.4. The van der Waals surface area contributed by atoms with E-state index < -0.39 is 34.4 Å². The van der Waals surface area contributed by atoms with Gasteiger partial charge in [0, 0.05) is 28.7 Å². The fourth-order valence-corrected chi connectivity index (χ4v) is 6.04. The summed E-state index contributed by atoms with van der Waals surface area (Å²) in [6.07, 6.45) is 0. The van der Waals surface area contributed by atoms with Crippen molar-refractivity contribution in [1.82, 2.24) is 10.2 Å². The van der Waals surface area contributed by atoms with Crippen LogP contribution in [-0.4, -0.2) is 51.4 Å². The number of hydrogen-bond acceptors (Lipinski definition) is 5. The Balaban J connectivity index is 2.14. The van der Waals surface area contributed by atoms with Gasteiger partial charge in [-0.2, -0.15) is 0 Å². The highest BCUT2D eigenvalue weighted by molar-refractivity contribution is 7.92. The van der Waals surface area contributed by atoms with E-state index in [4.69, 9.17) is 27.9 Å². The van der Waals surface area contributed by atoms with Crippen LogP contribution in [0.25, 0.3) is 0 Å². The SMILES string of the molecule is CCNC(=O)[C@H](C)N(Cc1c(Cl)cccc1Cl)C(=O)CN(c1cc(C)ccc1OC)S(=O)(=O)c1ccc(C)cc1. The van der Waals surface area contributed by atoms with Crippen molar-refractivity contribution in [2.24, 2.45) is 0 Å². The molecule has 0 aliphatic carbocycles. The third kappa shape index (κ3) is 7.08. The number of amides is 2. The lowest BCUT2D eigenvalue weighted by Crippen LogP contribution is -2.51. The lowest BCUT2D eigenvalue weighted by atomic mass is 10.1. The summed E-state index contributed by atoms with van der Waals surface area (Å²) >= 11 is 12.8. The summed E-state index contributed by atoms with van der Waals surface area (Å²) in [7, 11) is -2.81. The molecule has 0 bridgehead atoms. The van der Waals surface area contributed by atoms with E-state index in [1.165, 1.54) is 24.1 Å². The Kier molecular flexibility index (Phi) is 10.5. The van der Waals surface area contributed by atoms with E-state index in [2.05, 4.69) is 5.32 Å². The molecule has 8 nitrogen and oxygen atoms in total. The van der Waals surface area contributed by atoms with E-state index in [-0.39, 0.29) is 22.9 Å². The molecule has 11 heteroatoms. The highest BCUT2D eigenvalue weighted by Crippen LogP contribution is 2.34. The fourth-order valence-electron chi connectivity index (χ4n) is 4.10. The van der Waals surface area contributed by atoms with E-state index in [9.17, 15) is 18.0 Å². The van der Waals surface area contributed by atoms with Crippen molar-refractivity contribution in [3.8, 4) is 5.75 Å². The van der Waals surface area contributed by atoms with Crippen LogP contribution in [0.3, 0.4) is 0 Å². The molecule has 0 spiro atoms. The molecule has 0 heterocycles. The van der Waals surface area contributed by atoms with Crippen molar-refractivity contribution in [1.29, 1.82) is 0 Å². The molecule has 3 aromatic carbocycles. The molecule has 0 aromatic heterocycles. The number of methoxy groups -OCH3 is 1. The van der Waals surface area contributed by atoms with Crippen molar-refractivity contribution < 1.29 is 22.7 Å². The Hall–Kier alpha value is -3.27. The number of nitrogens with zero attached hydrogens (tertiary/aromatic N) is 2. The highest BCUT2D eigenvalue weighted by Gasteiger charge is 2.34. The maximum absolute atomic E-state index is 14.0. The van der Waals surface area contributed by atoms with Crippen LogP contribution in [0.15, 0.2) is 65.6 Å². The highest BCUT2D eigenvalue weighted by atomic mass is 35.5. The van der Waals surface area contributed by atoms with Gasteiger partial charge in [0.2, 0.25) is 11.8 Å². The standard InChI is InChI=1S/C29H33Cl2N3O5S/c1-6-32-29(36)21(4)33(17-23-24(30)8-7-9-25(23)31)28(35)18-34(26-16-20(3)12-15-27(26)39-5)40(37,38)22-13-10-19(2)11-14-22/h7-16,21H,6,17-18H2,1-5H3,(H,32,36)/t21-/m0/s1. The summed E-state index contributed by atoms with van der Waals surface area (Å²) < 4.78 is 34.6. The van der Waals surface area contributed by atoms with E-state index in [0.717, 1.165) is 15.4 Å². The Morgan fingerprint density at radius 3 is 2.15 bits per heavy atom. The molecule has 40 heavy (non-hydrogen) atoms. The van der Waals surface area contributed by atoms with E-state index in [0.29, 0.717) is 22.2 Å². The second-order valence-corrected chi connectivity index (χ2v) is 12.0. The molecule has 3 aromatic rings. The summed E-state index contributed by atoms with van der Waals surface area (Å²) in [4.78, 5) is 28.2. The fraction of sp³-hybridized carbons (Fsp3) is 0.310. The van der Waals surface area contributed by atoms with Crippen LogP contribution >= 0.6 is 23.2 Å². The molecule has 1 atom stereocenters. The van der Waals surface area contributed by atoms with Gasteiger partial charge in [0.15, 0.2) is 0 Å². The minimum absolute atomic E-state index is 0.00642. The average Bonchev–Trinajstić information content (AvgIpc) is 2.91. The normalized spacial score (nSPS) is 12.0. The number of halogens is 2. The molecule has 0 saturated heterocycles. The Morgan fingerprint density at radius 2 is 1.57 bits per heavy atom. The Morgan fingerprint density at radius 1 is 0.975 bits per heavy atom. The van der Waals surface area contributed by atoms with Crippen molar-refractivity contribution in [3.63, 3.8) is 0 Å². The molecule has 0 saturated carbocycles. The van der Waals surface area contributed by atoms with Crippen molar-refractivity contribution >= 4 is 50.7 Å². The van der Waals surface area contributed by atoms with E-state index in [1.54, 1.807) is 62.4 Å². The number of carbonyl (C=O) groups is 2. The number of ether oxygens (including phenoxy) is 1. The first-order chi connectivity index (χ1) is 18.9. The van der Waals surface area contributed by atoms with E-state index >= 15 is 0 Å². The monoisotopic (exact) mass is 605 g/mol. The quantitative estimate of drug-likeness (QED) is 0.317. The van der Waals surface area contributed by atoms with Crippen molar-refractivity contribution in [3.05, 3.63) is 87.4 Å². The number of sulfonamides is 1.